The highest BCUT2D eigenvalue weighted by atomic mass is 32.2. The van der Waals surface area contributed by atoms with Crippen molar-refractivity contribution in [1.82, 2.24) is 0 Å². The number of hydrogen-bond donors (Lipinski definition) is 0. The molecular weight excluding hydrogens is 488 g/mol. The van der Waals surface area contributed by atoms with E-state index in [1.165, 1.54) is 24.2 Å². The Labute approximate surface area is 222 Å². The van der Waals surface area contributed by atoms with E-state index in [2.05, 4.69) is 0 Å². The topological polar surface area (TPSA) is 71.1 Å². The fraction of sp³-hybridized carbons (Fsp3) is 0.333. The van der Waals surface area contributed by atoms with Crippen molar-refractivity contribution in [2.24, 2.45) is 0 Å². The van der Waals surface area contributed by atoms with Gasteiger partial charge < -0.3 is 18.9 Å². The molecule has 3 aromatic carbocycles. The van der Waals surface area contributed by atoms with Crippen LogP contribution in [0.2, 0.25) is 0 Å². The highest BCUT2D eigenvalue weighted by molar-refractivity contribution is 8.00. The second kappa shape index (κ2) is 12.9. The predicted molar refractivity (Wildman–Crippen MR) is 143 cm³/mol. The smallest absolute Gasteiger partial charge is 0.338 e. The summed E-state index contributed by atoms with van der Waals surface area (Å²) in [5.74, 6) is -0.940. The van der Waals surface area contributed by atoms with Crippen LogP contribution < -0.4 is 0 Å². The van der Waals surface area contributed by atoms with E-state index in [1.54, 1.807) is 24.3 Å². The Bertz CT molecular complexity index is 1160. The summed E-state index contributed by atoms with van der Waals surface area (Å²) in [4.78, 5) is 24.9. The maximum absolute atomic E-state index is 13.0. The molecule has 0 spiro atoms. The van der Waals surface area contributed by atoms with Gasteiger partial charge in [-0.05, 0) is 37.1 Å². The van der Waals surface area contributed by atoms with E-state index >= 15 is 0 Å². The van der Waals surface area contributed by atoms with Crippen LogP contribution in [0.4, 0.5) is 0 Å². The molecule has 1 aliphatic heterocycles. The number of ether oxygens (including phenoxy) is 4. The number of hydrogen-bond acceptors (Lipinski definition) is 7. The molecule has 0 radical (unpaired) electrons. The third-order valence-electron chi connectivity index (χ3n) is 6.04. The SMILES string of the molecule is CC(=O)OC1S[C@H](COCc2ccc(C)cc2)[C@@H](OCc2ccc(C)cc2)[C@@H]1OC(=O)c1ccccc1. The Balaban J connectivity index is 1.51. The molecule has 0 aromatic heterocycles. The van der Waals surface area contributed by atoms with E-state index < -0.39 is 29.6 Å². The molecule has 1 unspecified atom stereocenters. The van der Waals surface area contributed by atoms with Crippen molar-refractivity contribution < 1.29 is 28.5 Å². The summed E-state index contributed by atoms with van der Waals surface area (Å²) < 4.78 is 23.9. The molecule has 1 fully saturated rings. The van der Waals surface area contributed by atoms with Crippen LogP contribution in [-0.4, -0.2) is 41.4 Å². The zero-order valence-corrected chi connectivity index (χ0v) is 22.1. The number of aryl methyl sites for hydroxylation is 2. The van der Waals surface area contributed by atoms with Gasteiger partial charge in [0, 0.05) is 6.92 Å². The molecule has 1 saturated heterocycles. The molecule has 1 aliphatic rings. The van der Waals surface area contributed by atoms with Crippen LogP contribution in [0.3, 0.4) is 0 Å². The first kappa shape index (κ1) is 26.9. The van der Waals surface area contributed by atoms with Gasteiger partial charge in [-0.25, -0.2) is 4.79 Å². The molecule has 0 bridgehead atoms. The molecule has 37 heavy (non-hydrogen) atoms. The van der Waals surface area contributed by atoms with E-state index in [1.807, 2.05) is 68.4 Å². The average Bonchev–Trinajstić information content (AvgIpc) is 3.20. The summed E-state index contributed by atoms with van der Waals surface area (Å²) in [7, 11) is 0. The molecule has 0 amide bonds. The normalized spacial score (nSPS) is 20.9. The number of carbonyl (C=O) groups is 2. The number of thioether (sulfide) groups is 1. The minimum atomic E-state index is -0.792. The summed E-state index contributed by atoms with van der Waals surface area (Å²) in [6.07, 6.45) is -1.33. The van der Waals surface area contributed by atoms with E-state index in [-0.39, 0.29) is 5.25 Å². The Hall–Kier alpha value is -3.13. The van der Waals surface area contributed by atoms with Crippen molar-refractivity contribution in [3.05, 3.63) is 107 Å². The molecule has 0 aliphatic carbocycles. The lowest BCUT2D eigenvalue weighted by atomic mass is 10.1. The first-order chi connectivity index (χ1) is 17.9. The molecule has 1 heterocycles. The van der Waals surface area contributed by atoms with Gasteiger partial charge in [-0.2, -0.15) is 0 Å². The zero-order valence-electron chi connectivity index (χ0n) is 21.3. The first-order valence-corrected chi connectivity index (χ1v) is 13.2. The van der Waals surface area contributed by atoms with Crippen molar-refractivity contribution in [1.29, 1.82) is 0 Å². The summed E-state index contributed by atoms with van der Waals surface area (Å²) in [5, 5.41) is -0.214. The molecule has 0 saturated carbocycles. The maximum atomic E-state index is 13.0. The third-order valence-corrected chi connectivity index (χ3v) is 7.42. The highest BCUT2D eigenvalue weighted by Crippen LogP contribution is 2.40. The fourth-order valence-corrected chi connectivity index (χ4v) is 5.49. The van der Waals surface area contributed by atoms with Crippen molar-refractivity contribution >= 4 is 23.7 Å². The summed E-state index contributed by atoms with van der Waals surface area (Å²) in [5.41, 5.74) is 4.12. The van der Waals surface area contributed by atoms with E-state index in [9.17, 15) is 9.59 Å². The second-order valence-electron chi connectivity index (χ2n) is 9.15. The van der Waals surface area contributed by atoms with E-state index in [0.717, 1.165) is 16.7 Å². The molecule has 3 aromatic rings. The highest BCUT2D eigenvalue weighted by Gasteiger charge is 2.49. The molecule has 0 N–H and O–H groups in total. The predicted octanol–water partition coefficient (Wildman–Crippen LogP) is 5.64. The standard InChI is InChI=1S/C30H32O6S/c1-20-9-13-23(14-10-20)17-33-19-26-27(34-18-24-15-11-21(2)12-16-24)28(30(37-26)35-22(3)31)36-29(32)25-7-5-4-6-8-25/h4-16,26-28,30H,17-19H2,1-3H3/t26-,27-,28+,30?/m1/s1. The lowest BCUT2D eigenvalue weighted by Crippen LogP contribution is -2.41. The summed E-state index contributed by atoms with van der Waals surface area (Å²) in [6, 6.07) is 25.0. The minimum absolute atomic E-state index is 0.214. The number of esters is 2. The van der Waals surface area contributed by atoms with Gasteiger partial charge in [0.25, 0.3) is 0 Å². The summed E-state index contributed by atoms with van der Waals surface area (Å²) in [6.45, 7) is 6.53. The number of carbonyl (C=O) groups excluding carboxylic acids is 2. The average molecular weight is 521 g/mol. The zero-order chi connectivity index (χ0) is 26.2. The van der Waals surface area contributed by atoms with E-state index in [0.29, 0.717) is 25.4 Å². The van der Waals surface area contributed by atoms with Crippen LogP contribution in [0, 0.1) is 13.8 Å². The Morgan fingerprint density at radius 3 is 1.95 bits per heavy atom. The monoisotopic (exact) mass is 520 g/mol. The van der Waals surface area contributed by atoms with Gasteiger partial charge in [0.1, 0.15) is 6.10 Å². The van der Waals surface area contributed by atoms with Gasteiger partial charge in [0.15, 0.2) is 11.5 Å². The van der Waals surface area contributed by atoms with Crippen LogP contribution in [0.25, 0.3) is 0 Å². The van der Waals surface area contributed by atoms with Crippen LogP contribution >= 0.6 is 11.8 Å². The molecule has 194 valence electrons. The Morgan fingerprint density at radius 1 is 0.757 bits per heavy atom. The molecule has 4 atom stereocenters. The van der Waals surface area contributed by atoms with Gasteiger partial charge in [0.2, 0.25) is 0 Å². The van der Waals surface area contributed by atoms with Gasteiger partial charge in [-0.3, -0.25) is 4.79 Å². The number of benzene rings is 3. The molecule has 6 nitrogen and oxygen atoms in total. The van der Waals surface area contributed by atoms with Crippen LogP contribution in [-0.2, 0) is 37.0 Å². The summed E-state index contributed by atoms with van der Waals surface area (Å²) >= 11 is 1.40. The van der Waals surface area contributed by atoms with Crippen LogP contribution in [0.5, 0.6) is 0 Å². The van der Waals surface area contributed by atoms with Gasteiger partial charge in [-0.15, -0.1) is 11.8 Å². The van der Waals surface area contributed by atoms with Gasteiger partial charge in [0.05, 0.1) is 30.6 Å². The quantitative estimate of drug-likeness (QED) is 0.321. The van der Waals surface area contributed by atoms with Crippen molar-refractivity contribution in [2.45, 2.75) is 56.9 Å². The molecule has 7 heteroatoms. The van der Waals surface area contributed by atoms with Crippen LogP contribution in [0.15, 0.2) is 78.9 Å². The van der Waals surface area contributed by atoms with Gasteiger partial charge in [-0.1, -0.05) is 77.9 Å². The fourth-order valence-electron chi connectivity index (χ4n) is 4.03. The van der Waals surface area contributed by atoms with Crippen LogP contribution in [0.1, 0.15) is 39.5 Å². The van der Waals surface area contributed by atoms with Crippen molar-refractivity contribution in [2.75, 3.05) is 6.61 Å². The minimum Gasteiger partial charge on any atom is -0.451 e. The largest absolute Gasteiger partial charge is 0.451 e. The van der Waals surface area contributed by atoms with E-state index in [4.69, 9.17) is 18.9 Å². The lowest BCUT2D eigenvalue weighted by Gasteiger charge is -2.26. The second-order valence-corrected chi connectivity index (χ2v) is 10.5. The molecular formula is C30H32O6S. The van der Waals surface area contributed by atoms with Crippen molar-refractivity contribution in [3.63, 3.8) is 0 Å². The third kappa shape index (κ3) is 7.68. The molecule has 4 rings (SSSR count). The van der Waals surface area contributed by atoms with Crippen molar-refractivity contribution in [3.8, 4) is 0 Å². The Kier molecular flexibility index (Phi) is 9.39. The maximum Gasteiger partial charge on any atom is 0.338 e. The number of rotatable bonds is 10. The Morgan fingerprint density at radius 2 is 1.35 bits per heavy atom. The van der Waals surface area contributed by atoms with Gasteiger partial charge >= 0.3 is 11.9 Å². The lowest BCUT2D eigenvalue weighted by molar-refractivity contribution is -0.150. The first-order valence-electron chi connectivity index (χ1n) is 12.3.